The predicted molar refractivity (Wildman–Crippen MR) is 371 cm³/mol. The minimum absolute atomic E-state index is 0.0621. The molecule has 1 aromatic heterocycles. The van der Waals surface area contributed by atoms with Gasteiger partial charge >= 0.3 is 0 Å². The lowest BCUT2D eigenvalue weighted by atomic mass is 9.28. The Morgan fingerprint density at radius 3 is 0.955 bits per heavy atom. The molecular formula is C78H45B4N5O2. The van der Waals surface area contributed by atoms with Gasteiger partial charge in [0.25, 0.3) is 26.9 Å². The Bertz CT molecular complexity index is 5190. The Labute approximate surface area is 514 Å². The van der Waals surface area contributed by atoms with Crippen molar-refractivity contribution in [1.82, 2.24) is 4.57 Å². The molecule has 89 heavy (non-hydrogen) atoms. The quantitative estimate of drug-likeness (QED) is 0.164. The normalized spacial score (nSPS) is 14.5. The van der Waals surface area contributed by atoms with Gasteiger partial charge in [-0.25, -0.2) is 0 Å². The monoisotopic (exact) mass is 1130 g/mol. The number of aromatic nitrogens is 1. The number of fused-ring (bicyclic) bond motifs is 15. The zero-order valence-electron chi connectivity index (χ0n) is 47.8. The van der Waals surface area contributed by atoms with Crippen molar-refractivity contribution in [3.05, 3.63) is 273 Å². The van der Waals surface area contributed by atoms with Crippen molar-refractivity contribution < 1.29 is 9.47 Å². The van der Waals surface area contributed by atoms with E-state index in [0.717, 1.165) is 68.5 Å². The predicted octanol–water partition coefficient (Wildman–Crippen LogP) is 10.8. The summed E-state index contributed by atoms with van der Waals surface area (Å²) in [6.45, 7) is -0.413. The lowest BCUT2D eigenvalue weighted by molar-refractivity contribution is 0.465. The molecule has 8 aliphatic heterocycles. The van der Waals surface area contributed by atoms with E-state index in [1.54, 1.807) is 0 Å². The molecule has 0 fully saturated rings. The molecule has 0 atom stereocenters. The summed E-state index contributed by atoms with van der Waals surface area (Å²) >= 11 is 0. The SMILES string of the molecule is c1ccc(N2c3ccccc3B3c4cc5c(cc4N(c4ccccc4)c4cccc2c43)Oc2cc3c4c6c2B5c2cccc5c7cccc(c7n-6c25)B4c2cc4c(cc2O3)N(c2ccccc2)c2cccc3c2B4c2ccccc2N3c2ccccc2)cc1. The van der Waals surface area contributed by atoms with Crippen molar-refractivity contribution in [2.75, 3.05) is 19.6 Å². The highest BCUT2D eigenvalue weighted by Crippen LogP contribution is 2.50. The number of nitrogens with zero attached hydrogens (tertiary/aromatic N) is 5. The summed E-state index contributed by atoms with van der Waals surface area (Å²) in [6.07, 6.45) is 0. The first-order valence-electron chi connectivity index (χ1n) is 31.0. The summed E-state index contributed by atoms with van der Waals surface area (Å²) in [7, 11) is 0. The molecular weight excluding hydrogens is 1080 g/mol. The summed E-state index contributed by atoms with van der Waals surface area (Å²) in [5.41, 5.74) is 32.5. The fraction of sp³-hybridized carbons (Fsp3) is 0. The Kier molecular flexibility index (Phi) is 8.87. The van der Waals surface area contributed by atoms with E-state index in [9.17, 15) is 0 Å². The molecule has 0 unspecified atom stereocenters. The van der Waals surface area contributed by atoms with E-state index < -0.39 is 0 Å². The maximum atomic E-state index is 7.66. The second kappa shape index (κ2) is 16.8. The maximum absolute atomic E-state index is 7.66. The van der Waals surface area contributed by atoms with E-state index >= 15 is 0 Å². The van der Waals surface area contributed by atoms with E-state index in [2.05, 4.69) is 297 Å². The van der Waals surface area contributed by atoms with Gasteiger partial charge in [0.2, 0.25) is 0 Å². The smallest absolute Gasteiger partial charge is 0.256 e. The number of hydrogen-bond donors (Lipinski definition) is 0. The van der Waals surface area contributed by atoms with Crippen LogP contribution in [0.15, 0.2) is 273 Å². The van der Waals surface area contributed by atoms with E-state index in [1.807, 2.05) is 0 Å². The van der Waals surface area contributed by atoms with Crippen molar-refractivity contribution >= 4 is 182 Å². The zero-order valence-corrected chi connectivity index (χ0v) is 47.8. The molecule has 0 aliphatic carbocycles. The van der Waals surface area contributed by atoms with Crippen molar-refractivity contribution in [2.24, 2.45) is 0 Å². The highest BCUT2D eigenvalue weighted by Gasteiger charge is 2.52. The summed E-state index contributed by atoms with van der Waals surface area (Å²) in [6, 6.07) is 101. The standard InChI is InChI=1S/C78H45B4N5O2/c1-5-21-46(22-6-1)83-60-35-15-13-31-52(60)79-56-41-58-68(43-66(56)85(48-25-9-3-10-26-48)64-39-19-37-62(83)72(64)79)88-70-45-71-75-78-74(70)81(58)54-33-17-29-50-51-30-18-34-55(77(51)87(78)76(50)54)82(75)59-42-57-67(44-69(59)89-71)86(49-27-11-4-12-28-49)65-40-20-38-63-73(65)80(57)53-32-14-16-36-61(53)84(63)47-23-7-2-8-24-47/h1-45H. The lowest BCUT2D eigenvalue weighted by Crippen LogP contribution is -2.67. The Morgan fingerprint density at radius 2 is 0.551 bits per heavy atom. The van der Waals surface area contributed by atoms with E-state index in [0.29, 0.717) is 0 Å². The second-order valence-electron chi connectivity index (χ2n) is 24.9. The molecule has 0 bridgehead atoms. The molecule has 22 rings (SSSR count). The molecule has 0 radical (unpaired) electrons. The first kappa shape index (κ1) is 46.9. The van der Waals surface area contributed by atoms with Crippen LogP contribution >= 0.6 is 0 Å². The van der Waals surface area contributed by atoms with Crippen LogP contribution in [0.25, 0.3) is 27.5 Å². The molecule has 9 heterocycles. The number of hydrogen-bond acceptors (Lipinski definition) is 6. The first-order valence-corrected chi connectivity index (χ1v) is 31.0. The highest BCUT2D eigenvalue weighted by molar-refractivity contribution is 7.05. The fourth-order valence-electron chi connectivity index (χ4n) is 17.6. The summed E-state index contributed by atoms with van der Waals surface area (Å²) in [5.74, 6) is 3.39. The third kappa shape index (κ3) is 5.84. The summed E-state index contributed by atoms with van der Waals surface area (Å²) in [5, 5.41) is 2.53. The van der Waals surface area contributed by atoms with Gasteiger partial charge in [0.1, 0.15) is 23.0 Å². The van der Waals surface area contributed by atoms with Gasteiger partial charge in [-0.3, -0.25) is 0 Å². The summed E-state index contributed by atoms with van der Waals surface area (Å²) < 4.78 is 17.9. The van der Waals surface area contributed by atoms with Gasteiger partial charge in [-0.1, -0.05) is 170 Å². The third-order valence-electron chi connectivity index (χ3n) is 20.8. The molecule has 13 aromatic carbocycles. The van der Waals surface area contributed by atoms with Crippen molar-refractivity contribution in [1.29, 1.82) is 0 Å². The summed E-state index contributed by atoms with van der Waals surface area (Å²) in [4.78, 5) is 9.89. The van der Waals surface area contributed by atoms with Crippen LogP contribution in [0, 0.1) is 0 Å². The third-order valence-corrected chi connectivity index (χ3v) is 20.8. The molecule has 0 saturated heterocycles. The molecule has 0 amide bonds. The van der Waals surface area contributed by atoms with Crippen molar-refractivity contribution in [3.63, 3.8) is 0 Å². The maximum Gasteiger partial charge on any atom is 0.256 e. The van der Waals surface area contributed by atoms with Gasteiger partial charge in [-0.05, 0) is 150 Å². The van der Waals surface area contributed by atoms with Crippen LogP contribution < -0.4 is 94.6 Å². The Hall–Kier alpha value is -11.3. The molecule has 406 valence electrons. The topological polar surface area (TPSA) is 36.4 Å². The van der Waals surface area contributed by atoms with Crippen molar-refractivity contribution in [3.8, 4) is 28.7 Å². The average Bonchev–Trinajstić information content (AvgIpc) is 1.65. The zero-order chi connectivity index (χ0) is 57.5. The number of rotatable bonds is 4. The van der Waals surface area contributed by atoms with E-state index in [4.69, 9.17) is 9.47 Å². The van der Waals surface area contributed by atoms with Gasteiger partial charge in [0, 0.05) is 114 Å². The van der Waals surface area contributed by atoms with Crippen LogP contribution in [0.5, 0.6) is 23.0 Å². The first-order chi connectivity index (χ1) is 44.2. The number of anilines is 12. The average molecular weight is 1130 g/mol. The number of para-hydroxylation sites is 8. The molecule has 0 spiro atoms. The Balaban J connectivity index is 0.793. The van der Waals surface area contributed by atoms with Gasteiger partial charge in [-0.2, -0.15) is 0 Å². The highest BCUT2D eigenvalue weighted by atomic mass is 16.5. The van der Waals surface area contributed by atoms with Crippen molar-refractivity contribution in [2.45, 2.75) is 0 Å². The van der Waals surface area contributed by atoms with Crippen LogP contribution in [0.1, 0.15) is 0 Å². The van der Waals surface area contributed by atoms with Gasteiger partial charge in [0.05, 0.1) is 0 Å². The Morgan fingerprint density at radius 1 is 0.225 bits per heavy atom. The number of benzene rings is 13. The van der Waals surface area contributed by atoms with Gasteiger partial charge in [-0.15, -0.1) is 0 Å². The molecule has 0 saturated carbocycles. The second-order valence-corrected chi connectivity index (χ2v) is 24.9. The molecule has 8 aliphatic rings. The molecule has 11 heteroatoms. The van der Waals surface area contributed by atoms with E-state index in [-0.39, 0.29) is 26.9 Å². The van der Waals surface area contributed by atoms with Crippen LogP contribution in [-0.2, 0) is 0 Å². The number of ether oxygens (including phenoxy) is 2. The minimum Gasteiger partial charge on any atom is -0.458 e. The van der Waals surface area contributed by atoms with E-state index in [1.165, 1.54) is 116 Å². The van der Waals surface area contributed by atoms with Crippen LogP contribution in [0.3, 0.4) is 0 Å². The molecule has 7 nitrogen and oxygen atoms in total. The molecule has 0 N–H and O–H groups in total. The van der Waals surface area contributed by atoms with Gasteiger partial charge < -0.3 is 33.6 Å². The molecule has 14 aromatic rings. The van der Waals surface area contributed by atoms with Crippen LogP contribution in [0.2, 0.25) is 0 Å². The van der Waals surface area contributed by atoms with Crippen LogP contribution in [0.4, 0.5) is 68.2 Å². The largest absolute Gasteiger partial charge is 0.458 e. The minimum atomic E-state index is -0.144. The lowest BCUT2D eigenvalue weighted by Gasteiger charge is -2.45. The van der Waals surface area contributed by atoms with Gasteiger partial charge in [0.15, 0.2) is 0 Å². The van der Waals surface area contributed by atoms with Crippen LogP contribution in [-0.4, -0.2) is 31.4 Å². The fourth-order valence-corrected chi connectivity index (χ4v) is 17.6.